The Labute approximate surface area is 189 Å². The van der Waals surface area contributed by atoms with Crippen molar-refractivity contribution in [1.82, 2.24) is 0 Å². The van der Waals surface area contributed by atoms with Crippen molar-refractivity contribution in [1.29, 1.82) is 0 Å². The van der Waals surface area contributed by atoms with E-state index in [4.69, 9.17) is 0 Å². The number of allylic oxidation sites excluding steroid dienone is 2. The summed E-state index contributed by atoms with van der Waals surface area (Å²) in [7, 11) is 3.63. The Morgan fingerprint density at radius 3 is 1.34 bits per heavy atom. The molecule has 158 valence electrons. The van der Waals surface area contributed by atoms with Gasteiger partial charge in [-0.25, -0.2) is 0 Å². The number of rotatable bonds is 2. The summed E-state index contributed by atoms with van der Waals surface area (Å²) in [6.07, 6.45) is 8.12. The first-order valence-corrected chi connectivity index (χ1v) is 10.9. The number of fused-ring (bicyclic) bond motifs is 6. The maximum absolute atomic E-state index is 4.37. The highest BCUT2D eigenvalue weighted by Crippen LogP contribution is 2.51. The summed E-state index contributed by atoms with van der Waals surface area (Å²) in [6, 6.07) is 21.8. The molecule has 0 saturated carbocycles. The van der Waals surface area contributed by atoms with Crippen LogP contribution in [0.2, 0.25) is 0 Å². The van der Waals surface area contributed by atoms with Crippen LogP contribution >= 0.6 is 0 Å². The highest BCUT2D eigenvalue weighted by Gasteiger charge is 2.31. The first-order chi connectivity index (χ1) is 15.7. The van der Waals surface area contributed by atoms with Gasteiger partial charge in [0.15, 0.2) is 0 Å². The quantitative estimate of drug-likeness (QED) is 0.343. The van der Waals surface area contributed by atoms with E-state index in [0.717, 1.165) is 22.8 Å². The molecule has 2 aliphatic heterocycles. The largest absolute Gasteiger partial charge is 0.300 e. The molecule has 0 atom stereocenters. The molecule has 2 aliphatic rings. The van der Waals surface area contributed by atoms with Crippen LogP contribution in [0.15, 0.2) is 82.8 Å². The van der Waals surface area contributed by atoms with E-state index in [-0.39, 0.29) is 0 Å². The van der Waals surface area contributed by atoms with E-state index in [1.807, 2.05) is 26.8 Å². The molecule has 0 amide bonds. The summed E-state index contributed by atoms with van der Waals surface area (Å²) in [5.41, 5.74) is 11.8. The van der Waals surface area contributed by atoms with Crippen LogP contribution in [0.25, 0.3) is 33.6 Å². The molecule has 0 aromatic heterocycles. The number of nitrogens with zero attached hydrogens (tertiary/aromatic N) is 4. The molecule has 0 spiro atoms. The van der Waals surface area contributed by atoms with Crippen LogP contribution in [0.5, 0.6) is 0 Å². The standard InChI is InChI=1S/C28H26N4/c1-5-25-21-13-9-7-11-19(21)23-15-24-20-12-8-10-14-22(20)26(6-2)32(18-30-4)28(24)16-27(23)31(25)17-29-3/h5-18H,1-4H3/b25-5-,26-6-,29-17?,30-18?. The molecular formula is C28H26N4. The second-order valence-electron chi connectivity index (χ2n) is 7.81. The second kappa shape index (κ2) is 7.97. The van der Waals surface area contributed by atoms with Crippen LogP contribution in [0.4, 0.5) is 11.4 Å². The monoisotopic (exact) mass is 418 g/mol. The number of hydrogen-bond acceptors (Lipinski definition) is 2. The van der Waals surface area contributed by atoms with E-state index in [0.29, 0.717) is 0 Å². The fourth-order valence-corrected chi connectivity index (χ4v) is 4.88. The van der Waals surface area contributed by atoms with Gasteiger partial charge in [0.25, 0.3) is 0 Å². The zero-order valence-corrected chi connectivity index (χ0v) is 18.9. The zero-order chi connectivity index (χ0) is 22.2. The molecule has 0 fully saturated rings. The van der Waals surface area contributed by atoms with Crippen molar-refractivity contribution in [2.75, 3.05) is 23.9 Å². The van der Waals surface area contributed by atoms with Gasteiger partial charge in [-0.1, -0.05) is 60.7 Å². The molecule has 3 aromatic rings. The number of aliphatic imine (C=N–C) groups is 2. The van der Waals surface area contributed by atoms with E-state index in [2.05, 4.69) is 106 Å². The Kier molecular flexibility index (Phi) is 4.98. The summed E-state index contributed by atoms with van der Waals surface area (Å²) < 4.78 is 0. The Bertz CT molecular complexity index is 1230. The topological polar surface area (TPSA) is 31.2 Å². The van der Waals surface area contributed by atoms with Crippen LogP contribution in [-0.4, -0.2) is 26.8 Å². The molecule has 0 N–H and O–H groups in total. The molecule has 0 radical (unpaired) electrons. The molecule has 2 heterocycles. The van der Waals surface area contributed by atoms with Gasteiger partial charge in [-0.05, 0) is 37.1 Å². The number of benzene rings is 3. The SMILES string of the molecule is C/C=C1/c2ccccc2-c2cc3c(cc2N1C=NC)N(C=NC)/C(=C\C)c1ccccc1-3. The van der Waals surface area contributed by atoms with Gasteiger partial charge in [0.1, 0.15) is 0 Å². The van der Waals surface area contributed by atoms with Gasteiger partial charge in [0.2, 0.25) is 0 Å². The van der Waals surface area contributed by atoms with Gasteiger partial charge in [-0.2, -0.15) is 0 Å². The second-order valence-corrected chi connectivity index (χ2v) is 7.81. The van der Waals surface area contributed by atoms with Gasteiger partial charge in [-0.3, -0.25) is 9.98 Å². The van der Waals surface area contributed by atoms with E-state index in [1.54, 1.807) is 0 Å². The van der Waals surface area contributed by atoms with E-state index < -0.39 is 0 Å². The molecule has 0 bridgehead atoms. The Hall–Kier alpha value is -3.92. The summed E-state index contributed by atoms with van der Waals surface area (Å²) in [5.74, 6) is 0. The van der Waals surface area contributed by atoms with Gasteiger partial charge in [-0.15, -0.1) is 0 Å². The third-order valence-electron chi connectivity index (χ3n) is 6.15. The average Bonchev–Trinajstić information content (AvgIpc) is 2.84. The van der Waals surface area contributed by atoms with Crippen LogP contribution in [0.1, 0.15) is 25.0 Å². The van der Waals surface area contributed by atoms with Crippen molar-refractivity contribution in [3.63, 3.8) is 0 Å². The van der Waals surface area contributed by atoms with Crippen molar-refractivity contribution in [2.45, 2.75) is 13.8 Å². The Morgan fingerprint density at radius 2 is 0.969 bits per heavy atom. The van der Waals surface area contributed by atoms with Gasteiger partial charge in [0.05, 0.1) is 35.4 Å². The van der Waals surface area contributed by atoms with Gasteiger partial charge >= 0.3 is 0 Å². The first-order valence-electron chi connectivity index (χ1n) is 10.9. The molecule has 3 aromatic carbocycles. The lowest BCUT2D eigenvalue weighted by Gasteiger charge is -2.37. The summed E-state index contributed by atoms with van der Waals surface area (Å²) in [6.45, 7) is 4.16. The Balaban J connectivity index is 1.89. The smallest absolute Gasteiger partial charge is 0.0937 e. The van der Waals surface area contributed by atoms with Gasteiger partial charge < -0.3 is 9.80 Å². The van der Waals surface area contributed by atoms with Crippen LogP contribution in [0.3, 0.4) is 0 Å². The fourth-order valence-electron chi connectivity index (χ4n) is 4.88. The molecule has 0 aliphatic carbocycles. The predicted molar refractivity (Wildman–Crippen MR) is 138 cm³/mol. The first kappa shape index (κ1) is 20.0. The lowest BCUT2D eigenvalue weighted by atomic mass is 9.85. The van der Waals surface area contributed by atoms with Crippen molar-refractivity contribution >= 4 is 35.4 Å². The minimum absolute atomic E-state index is 1.12. The maximum Gasteiger partial charge on any atom is 0.0937 e. The third-order valence-corrected chi connectivity index (χ3v) is 6.15. The van der Waals surface area contributed by atoms with Crippen molar-refractivity contribution in [3.8, 4) is 22.3 Å². The van der Waals surface area contributed by atoms with Gasteiger partial charge in [0, 0.05) is 36.3 Å². The van der Waals surface area contributed by atoms with E-state index in [1.165, 1.54) is 33.4 Å². The predicted octanol–water partition coefficient (Wildman–Crippen LogP) is 6.70. The number of hydrogen-bond donors (Lipinski definition) is 0. The highest BCUT2D eigenvalue weighted by molar-refractivity contribution is 6.14. The van der Waals surface area contributed by atoms with E-state index in [9.17, 15) is 0 Å². The highest BCUT2D eigenvalue weighted by atomic mass is 15.2. The van der Waals surface area contributed by atoms with Crippen molar-refractivity contribution in [2.24, 2.45) is 9.98 Å². The average molecular weight is 419 g/mol. The van der Waals surface area contributed by atoms with Crippen molar-refractivity contribution in [3.05, 3.63) is 83.9 Å². The third kappa shape index (κ3) is 2.83. The molecule has 0 unspecified atom stereocenters. The summed E-state index contributed by atoms with van der Waals surface area (Å²) in [5, 5.41) is 0. The number of anilines is 2. The molecule has 4 heteroatoms. The lowest BCUT2D eigenvalue weighted by molar-refractivity contribution is 1.27. The van der Waals surface area contributed by atoms with Crippen LogP contribution < -0.4 is 9.80 Å². The molecule has 32 heavy (non-hydrogen) atoms. The van der Waals surface area contributed by atoms with E-state index >= 15 is 0 Å². The Morgan fingerprint density at radius 1 is 0.562 bits per heavy atom. The summed E-state index contributed by atoms with van der Waals surface area (Å²) in [4.78, 5) is 13.1. The molecule has 0 saturated heterocycles. The fraction of sp³-hybridized carbons (Fsp3) is 0.143. The normalized spacial score (nSPS) is 17.1. The van der Waals surface area contributed by atoms with Crippen molar-refractivity contribution < 1.29 is 0 Å². The zero-order valence-electron chi connectivity index (χ0n) is 18.9. The minimum Gasteiger partial charge on any atom is -0.300 e. The van der Waals surface area contributed by atoms with Crippen LogP contribution in [-0.2, 0) is 0 Å². The van der Waals surface area contributed by atoms with Crippen LogP contribution in [0, 0.1) is 0 Å². The summed E-state index contributed by atoms with van der Waals surface area (Å²) >= 11 is 0. The molecule has 4 nitrogen and oxygen atoms in total. The molecule has 5 rings (SSSR count). The lowest BCUT2D eigenvalue weighted by Crippen LogP contribution is -2.27. The minimum atomic E-state index is 1.12. The molecular weight excluding hydrogens is 392 g/mol. The maximum atomic E-state index is 4.37.